The molecule has 2 aromatic carbocycles. The third-order valence-electron chi connectivity index (χ3n) is 4.32. The molecule has 0 heterocycles. The Bertz CT molecular complexity index is 529. The van der Waals surface area contributed by atoms with Gasteiger partial charge in [-0.05, 0) is 37.3 Å². The smallest absolute Gasteiger partial charge is 0.0540 e. The van der Waals surface area contributed by atoms with Gasteiger partial charge < -0.3 is 10.8 Å². The minimum Gasteiger partial charge on any atom is -0.395 e. The van der Waals surface area contributed by atoms with Crippen molar-refractivity contribution >= 4 is 0 Å². The first-order valence-electron chi connectivity index (χ1n) is 7.62. The largest absolute Gasteiger partial charge is 0.395 e. The molecule has 1 unspecified atom stereocenters. The van der Waals surface area contributed by atoms with Crippen LogP contribution in [0.3, 0.4) is 0 Å². The lowest BCUT2D eigenvalue weighted by molar-refractivity contribution is 0.186. The summed E-state index contributed by atoms with van der Waals surface area (Å²) in [6.45, 7) is 2.64. The van der Waals surface area contributed by atoms with E-state index in [9.17, 15) is 5.11 Å². The fraction of sp³-hybridized carbons (Fsp3) is 0.368. The lowest BCUT2D eigenvalue weighted by Crippen LogP contribution is -2.39. The van der Waals surface area contributed by atoms with Crippen LogP contribution >= 0.6 is 0 Å². The average Bonchev–Trinajstić information content (AvgIpc) is 2.54. The fourth-order valence-corrected chi connectivity index (χ4v) is 2.78. The number of aliphatic hydroxyl groups excluding tert-OH is 1. The first kappa shape index (κ1) is 15.7. The van der Waals surface area contributed by atoms with E-state index in [2.05, 4.69) is 55.5 Å². The molecular weight excluding hydrogens is 258 g/mol. The second-order valence-corrected chi connectivity index (χ2v) is 5.85. The molecule has 2 heteroatoms. The van der Waals surface area contributed by atoms with Crippen LogP contribution in [0.2, 0.25) is 0 Å². The van der Waals surface area contributed by atoms with E-state index >= 15 is 0 Å². The van der Waals surface area contributed by atoms with Crippen LogP contribution in [0.4, 0.5) is 0 Å². The number of benzene rings is 2. The Morgan fingerprint density at radius 3 is 2.24 bits per heavy atom. The molecule has 21 heavy (non-hydrogen) atoms. The summed E-state index contributed by atoms with van der Waals surface area (Å²) in [6.07, 6.45) is 2.95. The SMILES string of the molecule is Cc1ccc(C(CN)(CO)CCCc2ccccc2)cc1. The molecule has 2 nitrogen and oxygen atoms in total. The van der Waals surface area contributed by atoms with Crippen LogP contribution in [0.1, 0.15) is 29.5 Å². The van der Waals surface area contributed by atoms with Crippen molar-refractivity contribution < 1.29 is 5.11 Å². The highest BCUT2D eigenvalue weighted by molar-refractivity contribution is 5.29. The Balaban J connectivity index is 2.06. The average molecular weight is 283 g/mol. The summed E-state index contributed by atoms with van der Waals surface area (Å²) >= 11 is 0. The predicted octanol–water partition coefficient (Wildman–Crippen LogP) is 3.21. The Labute approximate surface area is 127 Å². The first-order valence-corrected chi connectivity index (χ1v) is 7.62. The van der Waals surface area contributed by atoms with Gasteiger partial charge in [0.15, 0.2) is 0 Å². The van der Waals surface area contributed by atoms with Crippen molar-refractivity contribution in [3.8, 4) is 0 Å². The topological polar surface area (TPSA) is 46.2 Å². The second-order valence-electron chi connectivity index (χ2n) is 5.85. The van der Waals surface area contributed by atoms with Crippen molar-refractivity contribution in [3.63, 3.8) is 0 Å². The van der Waals surface area contributed by atoms with Gasteiger partial charge in [-0.15, -0.1) is 0 Å². The summed E-state index contributed by atoms with van der Waals surface area (Å²) < 4.78 is 0. The predicted molar refractivity (Wildman–Crippen MR) is 88.4 cm³/mol. The number of aliphatic hydroxyl groups is 1. The van der Waals surface area contributed by atoms with Gasteiger partial charge in [0.25, 0.3) is 0 Å². The van der Waals surface area contributed by atoms with Gasteiger partial charge in [-0.1, -0.05) is 60.2 Å². The Kier molecular flexibility index (Phi) is 5.54. The van der Waals surface area contributed by atoms with E-state index in [-0.39, 0.29) is 12.0 Å². The minimum absolute atomic E-state index is 0.0986. The molecule has 112 valence electrons. The van der Waals surface area contributed by atoms with Gasteiger partial charge in [0.2, 0.25) is 0 Å². The molecule has 0 aliphatic rings. The maximum Gasteiger partial charge on any atom is 0.0540 e. The molecular formula is C19H25NO. The zero-order valence-electron chi connectivity index (χ0n) is 12.8. The van der Waals surface area contributed by atoms with Gasteiger partial charge in [-0.2, -0.15) is 0 Å². The molecule has 0 spiro atoms. The number of hydrogen-bond donors (Lipinski definition) is 2. The molecule has 0 fully saturated rings. The van der Waals surface area contributed by atoms with Gasteiger partial charge >= 0.3 is 0 Å². The summed E-state index contributed by atoms with van der Waals surface area (Å²) in [7, 11) is 0. The maximum absolute atomic E-state index is 9.92. The molecule has 2 aromatic rings. The van der Waals surface area contributed by atoms with E-state index in [0.717, 1.165) is 24.8 Å². The van der Waals surface area contributed by atoms with E-state index < -0.39 is 0 Å². The summed E-state index contributed by atoms with van der Waals surface area (Å²) in [4.78, 5) is 0. The van der Waals surface area contributed by atoms with E-state index in [1.54, 1.807) is 0 Å². The number of rotatable bonds is 7. The highest BCUT2D eigenvalue weighted by Crippen LogP contribution is 2.29. The van der Waals surface area contributed by atoms with Crippen LogP contribution < -0.4 is 5.73 Å². The summed E-state index contributed by atoms with van der Waals surface area (Å²) in [6, 6.07) is 18.8. The molecule has 2 rings (SSSR count). The summed E-state index contributed by atoms with van der Waals surface area (Å²) in [5.74, 6) is 0. The monoisotopic (exact) mass is 283 g/mol. The van der Waals surface area contributed by atoms with Crippen LogP contribution in [0, 0.1) is 6.92 Å². The number of aryl methyl sites for hydroxylation is 2. The van der Waals surface area contributed by atoms with E-state index in [0.29, 0.717) is 6.54 Å². The maximum atomic E-state index is 9.92. The minimum atomic E-state index is -0.317. The highest BCUT2D eigenvalue weighted by atomic mass is 16.3. The van der Waals surface area contributed by atoms with Crippen molar-refractivity contribution in [3.05, 3.63) is 71.3 Å². The molecule has 0 saturated heterocycles. The van der Waals surface area contributed by atoms with Crippen molar-refractivity contribution in [1.82, 2.24) is 0 Å². The van der Waals surface area contributed by atoms with E-state index in [1.807, 2.05) is 6.07 Å². The molecule has 3 N–H and O–H groups in total. The third-order valence-corrected chi connectivity index (χ3v) is 4.32. The van der Waals surface area contributed by atoms with Gasteiger partial charge in [-0.25, -0.2) is 0 Å². The Morgan fingerprint density at radius 2 is 1.67 bits per heavy atom. The van der Waals surface area contributed by atoms with E-state index in [4.69, 9.17) is 5.73 Å². The third kappa shape index (κ3) is 3.93. The lowest BCUT2D eigenvalue weighted by Gasteiger charge is -2.31. The van der Waals surface area contributed by atoms with Gasteiger partial charge in [0.1, 0.15) is 0 Å². The van der Waals surface area contributed by atoms with Crippen molar-refractivity contribution in [2.75, 3.05) is 13.2 Å². The highest BCUT2D eigenvalue weighted by Gasteiger charge is 2.29. The molecule has 0 radical (unpaired) electrons. The van der Waals surface area contributed by atoms with Gasteiger partial charge in [0.05, 0.1) is 6.61 Å². The number of hydrogen-bond acceptors (Lipinski definition) is 2. The first-order chi connectivity index (χ1) is 10.2. The molecule has 0 aliphatic heterocycles. The van der Waals surface area contributed by atoms with Crippen LogP contribution in [0.5, 0.6) is 0 Å². The quantitative estimate of drug-likeness (QED) is 0.819. The molecule has 1 atom stereocenters. The zero-order chi connectivity index (χ0) is 15.1. The number of nitrogens with two attached hydrogens (primary N) is 1. The molecule has 0 amide bonds. The Hall–Kier alpha value is -1.64. The molecule has 0 saturated carbocycles. The van der Waals surface area contributed by atoms with Gasteiger partial charge in [-0.3, -0.25) is 0 Å². The summed E-state index contributed by atoms with van der Waals surface area (Å²) in [5.41, 5.74) is 9.40. The molecule has 0 aromatic heterocycles. The van der Waals surface area contributed by atoms with Crippen LogP contribution in [0.15, 0.2) is 54.6 Å². The van der Waals surface area contributed by atoms with Crippen LogP contribution in [0.25, 0.3) is 0 Å². The van der Waals surface area contributed by atoms with Crippen molar-refractivity contribution in [2.45, 2.75) is 31.6 Å². The molecule has 0 aliphatic carbocycles. The van der Waals surface area contributed by atoms with Crippen molar-refractivity contribution in [2.24, 2.45) is 5.73 Å². The van der Waals surface area contributed by atoms with Crippen LogP contribution in [-0.2, 0) is 11.8 Å². The van der Waals surface area contributed by atoms with Gasteiger partial charge in [0, 0.05) is 12.0 Å². The lowest BCUT2D eigenvalue weighted by atomic mass is 9.76. The normalized spacial score (nSPS) is 13.9. The molecule has 0 bridgehead atoms. The standard InChI is InChI=1S/C19H25NO/c1-16-9-11-18(12-10-16)19(14-20,15-21)13-5-8-17-6-3-2-4-7-17/h2-4,6-7,9-12,21H,5,8,13-15,20H2,1H3. The van der Waals surface area contributed by atoms with Crippen molar-refractivity contribution in [1.29, 1.82) is 0 Å². The summed E-state index contributed by atoms with van der Waals surface area (Å²) in [5, 5.41) is 9.92. The van der Waals surface area contributed by atoms with Crippen LogP contribution in [-0.4, -0.2) is 18.3 Å². The second kappa shape index (κ2) is 7.39. The fourth-order valence-electron chi connectivity index (χ4n) is 2.78. The van der Waals surface area contributed by atoms with E-state index in [1.165, 1.54) is 11.1 Å². The zero-order valence-corrected chi connectivity index (χ0v) is 12.8. The Morgan fingerprint density at radius 1 is 1.00 bits per heavy atom.